The third-order valence-electron chi connectivity index (χ3n) is 1.52. The first-order chi connectivity index (χ1) is 6.15. The van der Waals surface area contributed by atoms with Crippen molar-refractivity contribution in [2.45, 2.75) is 6.10 Å². The van der Waals surface area contributed by atoms with Gasteiger partial charge in [0, 0.05) is 6.54 Å². The Kier molecular flexibility index (Phi) is 3.87. The van der Waals surface area contributed by atoms with Crippen molar-refractivity contribution in [1.29, 1.82) is 0 Å². The fourth-order valence-corrected chi connectivity index (χ4v) is 1.93. The summed E-state index contributed by atoms with van der Waals surface area (Å²) >= 11 is 6.83. The van der Waals surface area contributed by atoms with Crippen LogP contribution in [0.3, 0.4) is 0 Å². The third kappa shape index (κ3) is 2.77. The minimum absolute atomic E-state index is 0.258. The molecule has 0 amide bonds. The van der Waals surface area contributed by atoms with Crippen LogP contribution in [0.15, 0.2) is 12.1 Å². The lowest BCUT2D eigenvalue weighted by atomic mass is 10.2. The molecule has 1 aromatic heterocycles. The van der Waals surface area contributed by atoms with E-state index in [1.54, 1.807) is 19.2 Å². The molecule has 0 aliphatic rings. The van der Waals surface area contributed by atoms with Crippen LogP contribution in [-0.2, 0) is 0 Å². The summed E-state index contributed by atoms with van der Waals surface area (Å²) in [5, 5.41) is 12.1. The van der Waals surface area contributed by atoms with E-state index >= 15 is 0 Å². The highest BCUT2D eigenvalue weighted by molar-refractivity contribution is 7.18. The molecule has 5 heteroatoms. The minimum Gasteiger partial charge on any atom is -0.384 e. The Balaban J connectivity index is 2.67. The maximum atomic E-state index is 11.4. The Morgan fingerprint density at radius 1 is 1.77 bits per heavy atom. The fraction of sp³-hybridized carbons (Fsp3) is 0.375. The summed E-state index contributed by atoms with van der Waals surface area (Å²) in [5.41, 5.74) is 0. The van der Waals surface area contributed by atoms with Gasteiger partial charge in [-0.1, -0.05) is 11.6 Å². The number of carbonyl (C=O) groups is 1. The summed E-state index contributed by atoms with van der Waals surface area (Å²) in [6.07, 6.45) is -0.986. The van der Waals surface area contributed by atoms with Crippen LogP contribution in [0.4, 0.5) is 0 Å². The zero-order valence-corrected chi connectivity index (χ0v) is 8.65. The van der Waals surface area contributed by atoms with Crippen molar-refractivity contribution in [3.8, 4) is 0 Å². The van der Waals surface area contributed by atoms with E-state index in [1.807, 2.05) is 0 Å². The topological polar surface area (TPSA) is 49.3 Å². The first kappa shape index (κ1) is 10.7. The minimum atomic E-state index is -0.986. The number of hydrogen-bond donors (Lipinski definition) is 2. The number of thiophene rings is 1. The van der Waals surface area contributed by atoms with Crippen LogP contribution in [0, 0.1) is 0 Å². The Morgan fingerprint density at radius 2 is 2.46 bits per heavy atom. The molecule has 3 nitrogen and oxygen atoms in total. The van der Waals surface area contributed by atoms with Crippen molar-refractivity contribution in [2.24, 2.45) is 0 Å². The first-order valence-corrected chi connectivity index (χ1v) is 4.97. The Hall–Kier alpha value is -0.420. The van der Waals surface area contributed by atoms with Gasteiger partial charge in [0.1, 0.15) is 6.10 Å². The number of ketones is 1. The average Bonchev–Trinajstić information content (AvgIpc) is 2.51. The maximum Gasteiger partial charge on any atom is 0.202 e. The molecule has 72 valence electrons. The molecule has 0 radical (unpaired) electrons. The summed E-state index contributed by atoms with van der Waals surface area (Å²) in [7, 11) is 1.68. The van der Waals surface area contributed by atoms with E-state index in [0.29, 0.717) is 9.21 Å². The molecule has 0 saturated carbocycles. The number of likely N-dealkylation sites (N-methyl/N-ethyl adjacent to an activating group) is 1. The van der Waals surface area contributed by atoms with Crippen LogP contribution in [0.5, 0.6) is 0 Å². The Morgan fingerprint density at radius 3 is 2.92 bits per heavy atom. The second-order valence-corrected chi connectivity index (χ2v) is 4.26. The molecule has 1 heterocycles. The van der Waals surface area contributed by atoms with Gasteiger partial charge in [0.25, 0.3) is 0 Å². The van der Waals surface area contributed by atoms with Gasteiger partial charge in [-0.15, -0.1) is 11.3 Å². The number of rotatable bonds is 4. The molecule has 0 spiro atoms. The van der Waals surface area contributed by atoms with Gasteiger partial charge in [0.15, 0.2) is 0 Å². The van der Waals surface area contributed by atoms with E-state index in [4.69, 9.17) is 11.6 Å². The SMILES string of the molecule is CNCC(O)C(=O)c1ccc(Cl)s1. The van der Waals surface area contributed by atoms with E-state index < -0.39 is 6.10 Å². The van der Waals surface area contributed by atoms with Crippen LogP contribution in [0.25, 0.3) is 0 Å². The van der Waals surface area contributed by atoms with Crippen LogP contribution in [-0.4, -0.2) is 30.6 Å². The normalized spacial score (nSPS) is 12.8. The van der Waals surface area contributed by atoms with Crippen molar-refractivity contribution in [2.75, 3.05) is 13.6 Å². The lowest BCUT2D eigenvalue weighted by Crippen LogP contribution is -2.30. The van der Waals surface area contributed by atoms with Gasteiger partial charge < -0.3 is 10.4 Å². The van der Waals surface area contributed by atoms with Gasteiger partial charge in [0.05, 0.1) is 9.21 Å². The van der Waals surface area contributed by atoms with Gasteiger partial charge in [-0.2, -0.15) is 0 Å². The molecule has 1 rings (SSSR count). The van der Waals surface area contributed by atoms with E-state index in [-0.39, 0.29) is 12.3 Å². The number of halogens is 1. The predicted octanol–water partition coefficient (Wildman–Crippen LogP) is 1.16. The van der Waals surface area contributed by atoms with Crippen molar-refractivity contribution in [3.63, 3.8) is 0 Å². The van der Waals surface area contributed by atoms with Crippen LogP contribution in [0.1, 0.15) is 9.67 Å². The third-order valence-corrected chi connectivity index (χ3v) is 2.76. The molecule has 2 N–H and O–H groups in total. The highest BCUT2D eigenvalue weighted by atomic mass is 35.5. The molecule has 1 unspecified atom stereocenters. The van der Waals surface area contributed by atoms with Crippen LogP contribution >= 0.6 is 22.9 Å². The van der Waals surface area contributed by atoms with Crippen molar-refractivity contribution in [3.05, 3.63) is 21.3 Å². The molecule has 1 atom stereocenters. The zero-order chi connectivity index (χ0) is 9.84. The second-order valence-electron chi connectivity index (χ2n) is 2.54. The van der Waals surface area contributed by atoms with Crippen LogP contribution in [0.2, 0.25) is 4.34 Å². The Bertz CT molecular complexity index is 300. The van der Waals surface area contributed by atoms with E-state index in [1.165, 1.54) is 11.3 Å². The van der Waals surface area contributed by atoms with Crippen molar-refractivity contribution >= 4 is 28.7 Å². The zero-order valence-electron chi connectivity index (χ0n) is 7.08. The summed E-state index contributed by atoms with van der Waals surface area (Å²) in [6, 6.07) is 3.26. The van der Waals surface area contributed by atoms with Crippen molar-refractivity contribution in [1.82, 2.24) is 5.32 Å². The number of aliphatic hydroxyl groups is 1. The maximum absolute atomic E-state index is 11.4. The number of carbonyl (C=O) groups excluding carboxylic acids is 1. The number of nitrogens with one attached hydrogen (secondary N) is 1. The Labute approximate surface area is 85.3 Å². The standard InChI is InChI=1S/C8H10ClNO2S/c1-10-4-5(11)8(12)6-2-3-7(9)13-6/h2-3,5,10-11H,4H2,1H3. The van der Waals surface area contributed by atoms with Gasteiger partial charge in [-0.3, -0.25) is 4.79 Å². The van der Waals surface area contributed by atoms with E-state index in [2.05, 4.69) is 5.32 Å². The monoisotopic (exact) mass is 219 g/mol. The van der Waals surface area contributed by atoms with E-state index in [9.17, 15) is 9.90 Å². The molecule has 1 aromatic rings. The molecular formula is C8H10ClNO2S. The first-order valence-electron chi connectivity index (χ1n) is 3.77. The highest BCUT2D eigenvalue weighted by Gasteiger charge is 2.17. The largest absolute Gasteiger partial charge is 0.384 e. The molecule has 0 aliphatic heterocycles. The average molecular weight is 220 g/mol. The molecule has 0 aromatic carbocycles. The number of hydrogen-bond acceptors (Lipinski definition) is 4. The van der Waals surface area contributed by atoms with Crippen molar-refractivity contribution < 1.29 is 9.90 Å². The number of aliphatic hydroxyl groups excluding tert-OH is 1. The highest BCUT2D eigenvalue weighted by Crippen LogP contribution is 2.22. The fourth-order valence-electron chi connectivity index (χ4n) is 0.897. The smallest absolute Gasteiger partial charge is 0.202 e. The van der Waals surface area contributed by atoms with E-state index in [0.717, 1.165) is 0 Å². The summed E-state index contributed by atoms with van der Waals surface area (Å²) in [5.74, 6) is -0.286. The summed E-state index contributed by atoms with van der Waals surface area (Å²) < 4.78 is 0.556. The predicted molar refractivity (Wildman–Crippen MR) is 53.6 cm³/mol. The lowest BCUT2D eigenvalue weighted by molar-refractivity contribution is 0.0755. The molecule has 0 aliphatic carbocycles. The van der Waals surface area contributed by atoms with Gasteiger partial charge in [-0.25, -0.2) is 0 Å². The molecule has 13 heavy (non-hydrogen) atoms. The number of Topliss-reactive ketones (excluding diaryl/α,β-unsaturated/α-hetero) is 1. The second kappa shape index (κ2) is 4.72. The lowest BCUT2D eigenvalue weighted by Gasteiger charge is -2.05. The molecular weight excluding hydrogens is 210 g/mol. The summed E-state index contributed by atoms with van der Waals surface area (Å²) in [6.45, 7) is 0.258. The quantitative estimate of drug-likeness (QED) is 0.748. The molecule has 0 fully saturated rings. The van der Waals surface area contributed by atoms with Gasteiger partial charge in [-0.05, 0) is 19.2 Å². The van der Waals surface area contributed by atoms with Crippen LogP contribution < -0.4 is 5.32 Å². The molecule has 0 bridgehead atoms. The van der Waals surface area contributed by atoms with Gasteiger partial charge in [0.2, 0.25) is 5.78 Å². The summed E-state index contributed by atoms with van der Waals surface area (Å²) in [4.78, 5) is 11.9. The van der Waals surface area contributed by atoms with Gasteiger partial charge >= 0.3 is 0 Å². The molecule has 0 saturated heterocycles.